The Bertz CT molecular complexity index is 1090. The fourth-order valence-electron chi connectivity index (χ4n) is 2.74. The molecule has 1 amide bonds. The second-order valence-corrected chi connectivity index (χ2v) is 6.27. The minimum Gasteiger partial charge on any atom is -0.481 e. The van der Waals surface area contributed by atoms with Gasteiger partial charge in [0.15, 0.2) is 11.7 Å². The normalized spacial score (nSPS) is 11.9. The van der Waals surface area contributed by atoms with Crippen molar-refractivity contribution < 1.29 is 18.3 Å². The molecule has 0 aliphatic rings. The molecule has 4 rings (SSSR count). The third-order valence-corrected chi connectivity index (χ3v) is 4.17. The summed E-state index contributed by atoms with van der Waals surface area (Å²) in [6.45, 7) is 1.63. The molecule has 1 aromatic heterocycles. The van der Waals surface area contributed by atoms with Gasteiger partial charge >= 0.3 is 0 Å². The van der Waals surface area contributed by atoms with Crippen LogP contribution in [-0.4, -0.2) is 17.0 Å². The summed E-state index contributed by atoms with van der Waals surface area (Å²) in [6, 6.07) is 20.3. The molecular weight excluding hydrogens is 359 g/mol. The number of ether oxygens (including phenoxy) is 1. The molecule has 140 valence electrons. The van der Waals surface area contributed by atoms with E-state index in [9.17, 15) is 9.18 Å². The summed E-state index contributed by atoms with van der Waals surface area (Å²) >= 11 is 0. The number of amides is 1. The number of carbonyl (C=O) groups is 1. The van der Waals surface area contributed by atoms with Crippen molar-refractivity contribution in [1.29, 1.82) is 0 Å². The quantitative estimate of drug-likeness (QED) is 0.530. The van der Waals surface area contributed by atoms with Crippen LogP contribution in [0, 0.1) is 5.82 Å². The summed E-state index contributed by atoms with van der Waals surface area (Å²) in [5, 5.41) is 2.81. The number of anilines is 1. The third-order valence-electron chi connectivity index (χ3n) is 4.17. The largest absolute Gasteiger partial charge is 0.481 e. The molecule has 6 heteroatoms. The molecule has 0 aliphatic heterocycles. The molecule has 3 aromatic carbocycles. The van der Waals surface area contributed by atoms with Gasteiger partial charge in [-0.2, -0.15) is 0 Å². The van der Waals surface area contributed by atoms with E-state index in [-0.39, 0.29) is 11.7 Å². The van der Waals surface area contributed by atoms with Crippen molar-refractivity contribution in [3.05, 3.63) is 78.6 Å². The fourth-order valence-corrected chi connectivity index (χ4v) is 2.74. The minimum atomic E-state index is -0.751. The Labute approximate surface area is 160 Å². The average Bonchev–Trinajstić information content (AvgIpc) is 3.14. The number of hydrogen-bond donors (Lipinski definition) is 1. The van der Waals surface area contributed by atoms with Crippen LogP contribution >= 0.6 is 0 Å². The van der Waals surface area contributed by atoms with Gasteiger partial charge in [-0.25, -0.2) is 9.37 Å². The number of benzene rings is 3. The van der Waals surface area contributed by atoms with Gasteiger partial charge < -0.3 is 14.5 Å². The van der Waals surface area contributed by atoms with Crippen LogP contribution < -0.4 is 10.1 Å². The highest BCUT2D eigenvalue weighted by molar-refractivity contribution is 5.94. The first-order valence-electron chi connectivity index (χ1n) is 8.77. The number of aromatic nitrogens is 1. The van der Waals surface area contributed by atoms with Crippen molar-refractivity contribution in [2.45, 2.75) is 13.0 Å². The zero-order valence-electron chi connectivity index (χ0n) is 15.1. The minimum absolute atomic E-state index is 0.320. The summed E-state index contributed by atoms with van der Waals surface area (Å²) in [6.07, 6.45) is -0.751. The first-order valence-corrected chi connectivity index (χ1v) is 8.77. The number of rotatable bonds is 5. The van der Waals surface area contributed by atoms with Gasteiger partial charge in [0, 0.05) is 11.3 Å². The molecule has 0 bridgehead atoms. The number of nitrogens with zero attached hydrogens (tertiary/aromatic N) is 1. The maximum absolute atomic E-state index is 13.0. The number of oxazole rings is 1. The molecule has 1 N–H and O–H groups in total. The third kappa shape index (κ3) is 3.86. The van der Waals surface area contributed by atoms with Gasteiger partial charge in [0.25, 0.3) is 5.91 Å². The average molecular weight is 376 g/mol. The molecule has 0 radical (unpaired) electrons. The van der Waals surface area contributed by atoms with Crippen LogP contribution in [0.3, 0.4) is 0 Å². The van der Waals surface area contributed by atoms with Crippen LogP contribution in [0.2, 0.25) is 0 Å². The lowest BCUT2D eigenvalue weighted by molar-refractivity contribution is -0.122. The van der Waals surface area contributed by atoms with E-state index in [0.717, 1.165) is 11.1 Å². The Morgan fingerprint density at radius 1 is 1.07 bits per heavy atom. The van der Waals surface area contributed by atoms with E-state index in [4.69, 9.17) is 9.15 Å². The molecule has 0 fully saturated rings. The van der Waals surface area contributed by atoms with Crippen LogP contribution in [0.25, 0.3) is 22.6 Å². The second-order valence-electron chi connectivity index (χ2n) is 6.27. The molecule has 0 aliphatic carbocycles. The smallest absolute Gasteiger partial charge is 0.265 e. The Hall–Kier alpha value is -3.67. The molecule has 1 heterocycles. The summed E-state index contributed by atoms with van der Waals surface area (Å²) < 4.78 is 24.3. The second kappa shape index (κ2) is 7.52. The van der Waals surface area contributed by atoms with Crippen molar-refractivity contribution >= 4 is 22.7 Å². The summed E-state index contributed by atoms with van der Waals surface area (Å²) in [5.41, 5.74) is 2.82. The van der Waals surface area contributed by atoms with Crippen molar-refractivity contribution in [3.63, 3.8) is 0 Å². The molecule has 28 heavy (non-hydrogen) atoms. The van der Waals surface area contributed by atoms with Gasteiger partial charge in [-0.15, -0.1) is 0 Å². The van der Waals surface area contributed by atoms with Gasteiger partial charge in [-0.05, 0) is 61.5 Å². The molecule has 0 spiro atoms. The van der Waals surface area contributed by atoms with Crippen LogP contribution in [-0.2, 0) is 4.79 Å². The first kappa shape index (κ1) is 17.7. The maximum atomic E-state index is 13.0. The van der Waals surface area contributed by atoms with E-state index in [2.05, 4.69) is 10.3 Å². The predicted octanol–water partition coefficient (Wildman–Crippen LogP) is 5.04. The van der Waals surface area contributed by atoms with Gasteiger partial charge in [0.05, 0.1) is 0 Å². The van der Waals surface area contributed by atoms with E-state index < -0.39 is 6.10 Å². The maximum Gasteiger partial charge on any atom is 0.265 e. The van der Waals surface area contributed by atoms with Crippen molar-refractivity contribution in [2.75, 3.05) is 5.32 Å². The van der Waals surface area contributed by atoms with E-state index in [1.54, 1.807) is 19.1 Å². The summed E-state index contributed by atoms with van der Waals surface area (Å²) in [5.74, 6) is 0.219. The van der Waals surface area contributed by atoms with Gasteiger partial charge in [-0.3, -0.25) is 4.79 Å². The Morgan fingerprint density at radius 3 is 2.64 bits per heavy atom. The van der Waals surface area contributed by atoms with Crippen LogP contribution in [0.1, 0.15) is 6.92 Å². The van der Waals surface area contributed by atoms with Crippen molar-refractivity contribution in [2.24, 2.45) is 0 Å². The lowest BCUT2D eigenvalue weighted by atomic mass is 10.2. The zero-order chi connectivity index (χ0) is 19.5. The number of halogens is 1. The molecule has 0 saturated carbocycles. The molecule has 4 aromatic rings. The van der Waals surface area contributed by atoms with Gasteiger partial charge in [0.2, 0.25) is 5.89 Å². The number of carbonyl (C=O) groups excluding carboxylic acids is 1. The number of hydrogen-bond acceptors (Lipinski definition) is 4. The van der Waals surface area contributed by atoms with Gasteiger partial charge in [0.1, 0.15) is 17.1 Å². The van der Waals surface area contributed by atoms with E-state index in [1.165, 1.54) is 24.3 Å². The fraction of sp³-hybridized carbons (Fsp3) is 0.0909. The lowest BCUT2D eigenvalue weighted by Crippen LogP contribution is -2.30. The molecule has 5 nitrogen and oxygen atoms in total. The standard InChI is InChI=1S/C22H17FN2O3/c1-14(27-18-11-9-16(23)10-12-18)21(26)24-17-6-4-5-15(13-17)22-25-19-7-2-3-8-20(19)28-22/h2-14H,1H3,(H,24,26)/t14-/m0/s1. The number of fused-ring (bicyclic) bond motifs is 1. The van der Waals surface area contributed by atoms with E-state index in [0.29, 0.717) is 22.9 Å². The SMILES string of the molecule is C[C@H](Oc1ccc(F)cc1)C(=O)Nc1cccc(-c2nc3ccccc3o2)c1. The number of para-hydroxylation sites is 2. The zero-order valence-corrected chi connectivity index (χ0v) is 15.1. The highest BCUT2D eigenvalue weighted by Crippen LogP contribution is 2.26. The number of nitrogens with one attached hydrogen (secondary N) is 1. The molecular formula is C22H17FN2O3. The van der Waals surface area contributed by atoms with Crippen LogP contribution in [0.15, 0.2) is 77.2 Å². The van der Waals surface area contributed by atoms with Crippen LogP contribution in [0.4, 0.5) is 10.1 Å². The Kier molecular flexibility index (Phi) is 4.76. The first-order chi connectivity index (χ1) is 13.6. The van der Waals surface area contributed by atoms with E-state index in [1.807, 2.05) is 36.4 Å². The van der Waals surface area contributed by atoms with E-state index >= 15 is 0 Å². The monoisotopic (exact) mass is 376 g/mol. The Balaban J connectivity index is 1.48. The molecule has 0 saturated heterocycles. The highest BCUT2D eigenvalue weighted by Gasteiger charge is 2.16. The van der Waals surface area contributed by atoms with Crippen molar-refractivity contribution in [3.8, 4) is 17.2 Å². The highest BCUT2D eigenvalue weighted by atomic mass is 19.1. The van der Waals surface area contributed by atoms with Gasteiger partial charge in [-0.1, -0.05) is 18.2 Å². The molecule has 0 unspecified atom stereocenters. The summed E-state index contributed by atoms with van der Waals surface area (Å²) in [4.78, 5) is 16.9. The Morgan fingerprint density at radius 2 is 1.86 bits per heavy atom. The topological polar surface area (TPSA) is 64.4 Å². The van der Waals surface area contributed by atoms with Crippen LogP contribution in [0.5, 0.6) is 5.75 Å². The summed E-state index contributed by atoms with van der Waals surface area (Å²) in [7, 11) is 0. The van der Waals surface area contributed by atoms with Crippen molar-refractivity contribution in [1.82, 2.24) is 4.98 Å². The molecule has 1 atom stereocenters. The lowest BCUT2D eigenvalue weighted by Gasteiger charge is -2.15. The predicted molar refractivity (Wildman–Crippen MR) is 105 cm³/mol.